The summed E-state index contributed by atoms with van der Waals surface area (Å²) in [5.74, 6) is 1.21. The number of aryl methyl sites for hydroxylation is 1. The molecule has 2 aromatic rings. The third kappa shape index (κ3) is 7.94. The van der Waals surface area contributed by atoms with Crippen LogP contribution in [-0.2, 0) is 11.2 Å². The van der Waals surface area contributed by atoms with E-state index in [2.05, 4.69) is 24.4 Å². The highest BCUT2D eigenvalue weighted by molar-refractivity contribution is 5.83. The van der Waals surface area contributed by atoms with Gasteiger partial charge < -0.3 is 9.47 Å². The van der Waals surface area contributed by atoms with Gasteiger partial charge in [0.2, 0.25) is 0 Å². The minimum atomic E-state index is -0.302. The molecule has 0 aliphatic heterocycles. The van der Waals surface area contributed by atoms with Crippen molar-refractivity contribution < 1.29 is 14.3 Å². The summed E-state index contributed by atoms with van der Waals surface area (Å²) < 4.78 is 11.1. The molecule has 0 saturated carbocycles. The minimum absolute atomic E-state index is 0.0747. The number of ether oxygens (including phenoxy) is 2. The van der Waals surface area contributed by atoms with Crippen LogP contribution in [0, 0.1) is 0 Å². The van der Waals surface area contributed by atoms with Crippen molar-refractivity contribution in [3.8, 4) is 11.5 Å². The molecule has 0 aliphatic rings. The van der Waals surface area contributed by atoms with Crippen molar-refractivity contribution >= 4 is 12.1 Å². The van der Waals surface area contributed by atoms with Crippen LogP contribution >= 0.6 is 0 Å². The van der Waals surface area contributed by atoms with Crippen LogP contribution in [0.5, 0.6) is 11.5 Å². The molecule has 1 amide bonds. The predicted octanol–water partition coefficient (Wildman–Crippen LogP) is 4.35. The smallest absolute Gasteiger partial charge is 0.277 e. The number of rotatable bonds is 11. The quantitative estimate of drug-likeness (QED) is 0.364. The first-order valence-electron chi connectivity index (χ1n) is 9.47. The summed E-state index contributed by atoms with van der Waals surface area (Å²) in [6.45, 7) is 4.92. The fourth-order valence-corrected chi connectivity index (χ4v) is 2.39. The monoisotopic (exact) mass is 368 g/mol. The first kappa shape index (κ1) is 20.5. The molecule has 0 aromatic heterocycles. The number of nitrogens with one attached hydrogen (secondary N) is 1. The van der Waals surface area contributed by atoms with Gasteiger partial charge in [-0.3, -0.25) is 4.79 Å². The molecule has 0 saturated heterocycles. The summed E-state index contributed by atoms with van der Waals surface area (Å²) >= 11 is 0. The zero-order chi connectivity index (χ0) is 19.3. The average molecular weight is 368 g/mol. The van der Waals surface area contributed by atoms with Gasteiger partial charge in [0.1, 0.15) is 11.5 Å². The zero-order valence-corrected chi connectivity index (χ0v) is 16.1. The predicted molar refractivity (Wildman–Crippen MR) is 109 cm³/mol. The van der Waals surface area contributed by atoms with Gasteiger partial charge >= 0.3 is 0 Å². The molecule has 144 valence electrons. The second-order valence-corrected chi connectivity index (χ2v) is 6.25. The summed E-state index contributed by atoms with van der Waals surface area (Å²) in [7, 11) is 0. The van der Waals surface area contributed by atoms with E-state index in [1.54, 1.807) is 6.21 Å². The number of carbonyl (C=O) groups excluding carboxylic acids is 1. The standard InChI is InChI=1S/C22H28N2O3/c1-3-5-15-26-20-13-9-19(10-14-20)16-23-24-22(25)17-27-21-11-7-18(6-4-2)8-12-21/h7-14,16H,3-6,15,17H2,1-2H3,(H,24,25)/b23-16+. The van der Waals surface area contributed by atoms with Gasteiger partial charge in [-0.1, -0.05) is 38.8 Å². The van der Waals surface area contributed by atoms with E-state index in [0.29, 0.717) is 5.75 Å². The van der Waals surface area contributed by atoms with E-state index in [0.717, 1.165) is 43.6 Å². The molecule has 2 aromatic carbocycles. The Morgan fingerprint density at radius 1 is 0.963 bits per heavy atom. The Labute approximate surface area is 161 Å². The summed E-state index contributed by atoms with van der Waals surface area (Å²) in [4.78, 5) is 11.8. The van der Waals surface area contributed by atoms with E-state index >= 15 is 0 Å². The molecule has 1 N–H and O–H groups in total. The highest BCUT2D eigenvalue weighted by atomic mass is 16.5. The number of carbonyl (C=O) groups is 1. The molecule has 0 atom stereocenters. The largest absolute Gasteiger partial charge is 0.494 e. The SMILES string of the molecule is CCCCOc1ccc(/C=N/NC(=O)COc2ccc(CCC)cc2)cc1. The van der Waals surface area contributed by atoms with Gasteiger partial charge in [0.05, 0.1) is 12.8 Å². The topological polar surface area (TPSA) is 59.9 Å². The number of benzene rings is 2. The number of amides is 1. The fourth-order valence-electron chi connectivity index (χ4n) is 2.39. The lowest BCUT2D eigenvalue weighted by Gasteiger charge is -2.06. The number of unbranched alkanes of at least 4 members (excludes halogenated alkanes) is 1. The molecular formula is C22H28N2O3. The molecule has 0 heterocycles. The molecule has 0 spiro atoms. The average Bonchev–Trinajstić information content (AvgIpc) is 2.69. The maximum absolute atomic E-state index is 11.8. The number of hydrogen-bond donors (Lipinski definition) is 1. The molecule has 2 rings (SSSR count). The van der Waals surface area contributed by atoms with Crippen molar-refractivity contribution in [3.63, 3.8) is 0 Å². The van der Waals surface area contributed by atoms with Crippen LogP contribution in [0.15, 0.2) is 53.6 Å². The molecule has 5 nitrogen and oxygen atoms in total. The lowest BCUT2D eigenvalue weighted by Crippen LogP contribution is -2.24. The maximum Gasteiger partial charge on any atom is 0.277 e. The van der Waals surface area contributed by atoms with Gasteiger partial charge in [0, 0.05) is 0 Å². The van der Waals surface area contributed by atoms with Crippen molar-refractivity contribution in [2.24, 2.45) is 5.10 Å². The van der Waals surface area contributed by atoms with Gasteiger partial charge in [-0.15, -0.1) is 0 Å². The Bertz CT molecular complexity index is 709. The molecule has 0 aliphatic carbocycles. The Morgan fingerprint density at radius 2 is 1.63 bits per heavy atom. The van der Waals surface area contributed by atoms with E-state index in [1.165, 1.54) is 5.56 Å². The maximum atomic E-state index is 11.8. The van der Waals surface area contributed by atoms with Crippen LogP contribution < -0.4 is 14.9 Å². The Balaban J connectivity index is 1.71. The highest BCUT2D eigenvalue weighted by Crippen LogP contribution is 2.13. The van der Waals surface area contributed by atoms with Gasteiger partial charge in [0.15, 0.2) is 6.61 Å². The van der Waals surface area contributed by atoms with Crippen molar-refractivity contribution in [1.82, 2.24) is 5.43 Å². The third-order valence-electron chi connectivity index (χ3n) is 3.88. The van der Waals surface area contributed by atoms with Crippen LogP contribution in [0.25, 0.3) is 0 Å². The number of hydrogen-bond acceptors (Lipinski definition) is 4. The summed E-state index contributed by atoms with van der Waals surface area (Å²) in [5.41, 5.74) is 4.61. The molecule has 0 radical (unpaired) electrons. The van der Waals surface area contributed by atoms with Crippen LogP contribution in [0.2, 0.25) is 0 Å². The van der Waals surface area contributed by atoms with Crippen molar-refractivity contribution in [1.29, 1.82) is 0 Å². The highest BCUT2D eigenvalue weighted by Gasteiger charge is 2.02. The molecule has 0 bridgehead atoms. The van der Waals surface area contributed by atoms with E-state index in [-0.39, 0.29) is 12.5 Å². The number of nitrogens with zero attached hydrogens (tertiary/aromatic N) is 1. The van der Waals surface area contributed by atoms with Crippen molar-refractivity contribution in [3.05, 3.63) is 59.7 Å². The lowest BCUT2D eigenvalue weighted by atomic mass is 10.1. The Morgan fingerprint density at radius 3 is 2.30 bits per heavy atom. The van der Waals surface area contributed by atoms with Crippen LogP contribution in [-0.4, -0.2) is 25.3 Å². The lowest BCUT2D eigenvalue weighted by molar-refractivity contribution is -0.123. The van der Waals surface area contributed by atoms with Gasteiger partial charge in [-0.25, -0.2) is 5.43 Å². The third-order valence-corrected chi connectivity index (χ3v) is 3.88. The van der Waals surface area contributed by atoms with Gasteiger partial charge in [-0.2, -0.15) is 5.10 Å². The second-order valence-electron chi connectivity index (χ2n) is 6.25. The van der Waals surface area contributed by atoms with E-state index in [1.807, 2.05) is 48.5 Å². The second kappa shape index (κ2) is 11.7. The van der Waals surface area contributed by atoms with Gasteiger partial charge in [0.25, 0.3) is 5.91 Å². The van der Waals surface area contributed by atoms with E-state index in [9.17, 15) is 4.79 Å². The number of hydrazone groups is 1. The Hall–Kier alpha value is -2.82. The summed E-state index contributed by atoms with van der Waals surface area (Å²) in [6.07, 6.45) is 5.89. The minimum Gasteiger partial charge on any atom is -0.494 e. The van der Waals surface area contributed by atoms with Crippen LogP contribution in [0.1, 0.15) is 44.2 Å². The molecule has 27 heavy (non-hydrogen) atoms. The summed E-state index contributed by atoms with van der Waals surface area (Å²) in [6, 6.07) is 15.4. The summed E-state index contributed by atoms with van der Waals surface area (Å²) in [5, 5.41) is 3.95. The van der Waals surface area contributed by atoms with E-state index < -0.39 is 0 Å². The molecule has 5 heteroatoms. The molecule has 0 fully saturated rings. The van der Waals surface area contributed by atoms with Crippen LogP contribution in [0.3, 0.4) is 0 Å². The first-order chi connectivity index (χ1) is 13.2. The van der Waals surface area contributed by atoms with Crippen LogP contribution in [0.4, 0.5) is 0 Å². The fraction of sp³-hybridized carbons (Fsp3) is 0.364. The zero-order valence-electron chi connectivity index (χ0n) is 16.1. The van der Waals surface area contributed by atoms with Crippen molar-refractivity contribution in [2.75, 3.05) is 13.2 Å². The van der Waals surface area contributed by atoms with Gasteiger partial charge in [-0.05, 0) is 60.4 Å². The Kier molecular flexibility index (Phi) is 8.90. The van der Waals surface area contributed by atoms with Crippen molar-refractivity contribution in [2.45, 2.75) is 39.5 Å². The molecule has 0 unspecified atom stereocenters. The normalized spacial score (nSPS) is 10.7. The first-order valence-corrected chi connectivity index (χ1v) is 9.47. The van der Waals surface area contributed by atoms with E-state index in [4.69, 9.17) is 9.47 Å². The molecular weight excluding hydrogens is 340 g/mol.